The van der Waals surface area contributed by atoms with Gasteiger partial charge in [0, 0.05) is 11.3 Å². The Bertz CT molecular complexity index is 747. The first-order valence-electron chi connectivity index (χ1n) is 6.19. The second kappa shape index (κ2) is 5.00. The fourth-order valence-corrected chi connectivity index (χ4v) is 1.79. The molecule has 0 saturated carbocycles. The maximum atomic E-state index is 4.46. The molecule has 100 valence electrons. The van der Waals surface area contributed by atoms with E-state index >= 15 is 0 Å². The Hall–Kier alpha value is -2.89. The van der Waals surface area contributed by atoms with E-state index in [9.17, 15) is 0 Å². The summed E-state index contributed by atoms with van der Waals surface area (Å²) in [5.74, 6) is 1.37. The van der Waals surface area contributed by atoms with Gasteiger partial charge in [0.25, 0.3) is 0 Å². The summed E-state index contributed by atoms with van der Waals surface area (Å²) in [6.45, 7) is 5.62. The summed E-state index contributed by atoms with van der Waals surface area (Å²) in [6, 6.07) is 13.5. The molecule has 0 fully saturated rings. The van der Waals surface area contributed by atoms with Gasteiger partial charge >= 0.3 is 0 Å². The van der Waals surface area contributed by atoms with E-state index in [1.807, 2.05) is 49.4 Å². The monoisotopic (exact) mass is 266 g/mol. The van der Waals surface area contributed by atoms with Crippen molar-refractivity contribution in [1.29, 1.82) is 0 Å². The first-order valence-corrected chi connectivity index (χ1v) is 6.19. The Balaban J connectivity index is 2.02. The number of hydrogen-bond acceptors (Lipinski definition) is 5. The Morgan fingerprint density at radius 3 is 2.65 bits per heavy atom. The van der Waals surface area contributed by atoms with Crippen molar-refractivity contribution in [1.82, 2.24) is 25.2 Å². The second-order valence-electron chi connectivity index (χ2n) is 4.41. The highest BCUT2D eigenvalue weighted by Gasteiger charge is 2.09. The lowest BCUT2D eigenvalue weighted by Crippen LogP contribution is -2.19. The van der Waals surface area contributed by atoms with Crippen LogP contribution in [0.5, 0.6) is 0 Å². The van der Waals surface area contributed by atoms with Crippen LogP contribution in [-0.4, -0.2) is 19.8 Å². The van der Waals surface area contributed by atoms with Crippen molar-refractivity contribution in [2.24, 2.45) is 0 Å². The van der Waals surface area contributed by atoms with Crippen LogP contribution >= 0.6 is 0 Å². The number of nitrogens with one attached hydrogen (secondary N) is 2. The van der Waals surface area contributed by atoms with Crippen molar-refractivity contribution in [2.45, 2.75) is 6.92 Å². The third-order valence-corrected chi connectivity index (χ3v) is 2.70. The van der Waals surface area contributed by atoms with E-state index in [0.29, 0.717) is 17.3 Å². The van der Waals surface area contributed by atoms with Crippen molar-refractivity contribution in [3.8, 4) is 11.4 Å². The van der Waals surface area contributed by atoms with Crippen molar-refractivity contribution >= 4 is 11.5 Å². The molecule has 20 heavy (non-hydrogen) atoms. The summed E-state index contributed by atoms with van der Waals surface area (Å²) in [6.07, 6.45) is 0. The normalized spacial score (nSPS) is 10.4. The van der Waals surface area contributed by atoms with E-state index in [1.54, 1.807) is 4.52 Å². The Kier molecular flexibility index (Phi) is 3.04. The van der Waals surface area contributed by atoms with Crippen LogP contribution in [0.25, 0.3) is 17.0 Å². The molecule has 6 heteroatoms. The molecular formula is C14H14N6. The van der Waals surface area contributed by atoms with E-state index in [1.165, 1.54) is 0 Å². The molecule has 1 aromatic carbocycles. The third kappa shape index (κ3) is 2.31. The molecule has 0 spiro atoms. The van der Waals surface area contributed by atoms with Gasteiger partial charge in [0.1, 0.15) is 0 Å². The van der Waals surface area contributed by atoms with Gasteiger partial charge in [0.05, 0.1) is 0 Å². The molecule has 0 aliphatic heterocycles. The quantitative estimate of drug-likeness (QED) is 0.709. The highest BCUT2D eigenvalue weighted by atomic mass is 15.4. The maximum Gasteiger partial charge on any atom is 0.185 e. The third-order valence-electron chi connectivity index (χ3n) is 2.70. The topological polar surface area (TPSA) is 67.1 Å². The van der Waals surface area contributed by atoms with Gasteiger partial charge in [0.2, 0.25) is 0 Å². The number of hydrazine groups is 1. The number of anilines is 1. The van der Waals surface area contributed by atoms with E-state index in [0.717, 1.165) is 11.3 Å². The molecule has 2 aromatic heterocycles. The summed E-state index contributed by atoms with van der Waals surface area (Å²) in [5, 5.41) is 12.8. The number of nitrogens with zero attached hydrogens (tertiary/aromatic N) is 4. The summed E-state index contributed by atoms with van der Waals surface area (Å²) >= 11 is 0. The number of rotatable bonds is 4. The fourth-order valence-electron chi connectivity index (χ4n) is 1.79. The number of hydrogen-bond donors (Lipinski definition) is 2. The molecule has 0 amide bonds. The van der Waals surface area contributed by atoms with E-state index in [-0.39, 0.29) is 0 Å². The number of benzene rings is 1. The van der Waals surface area contributed by atoms with E-state index in [4.69, 9.17) is 0 Å². The maximum absolute atomic E-state index is 4.46. The molecule has 0 radical (unpaired) electrons. The molecule has 2 N–H and O–H groups in total. The minimum atomic E-state index is 0.664. The Morgan fingerprint density at radius 1 is 1.10 bits per heavy atom. The van der Waals surface area contributed by atoms with E-state index < -0.39 is 0 Å². The van der Waals surface area contributed by atoms with Crippen molar-refractivity contribution < 1.29 is 0 Å². The molecule has 0 aliphatic rings. The number of aromatic nitrogens is 4. The van der Waals surface area contributed by atoms with Crippen LogP contribution in [-0.2, 0) is 0 Å². The molecular weight excluding hydrogens is 252 g/mol. The predicted molar refractivity (Wildman–Crippen MR) is 77.8 cm³/mol. The highest BCUT2D eigenvalue weighted by molar-refractivity contribution is 5.59. The molecule has 0 bridgehead atoms. The zero-order valence-electron chi connectivity index (χ0n) is 11.0. The summed E-state index contributed by atoms with van der Waals surface area (Å²) in [7, 11) is 0. The van der Waals surface area contributed by atoms with Gasteiger partial charge < -0.3 is 5.43 Å². The molecule has 0 unspecified atom stereocenters. The van der Waals surface area contributed by atoms with Crippen LogP contribution in [0.3, 0.4) is 0 Å². The lowest BCUT2D eigenvalue weighted by molar-refractivity contribution is 0.889. The largest absolute Gasteiger partial charge is 0.305 e. The SMILES string of the molecule is C=C(C)NNc1ccc2nnc(-c3ccccc3)n2n1. The van der Waals surface area contributed by atoms with Gasteiger partial charge in [-0.15, -0.1) is 15.3 Å². The molecule has 0 saturated heterocycles. The van der Waals surface area contributed by atoms with Gasteiger partial charge in [-0.2, -0.15) is 4.52 Å². The zero-order chi connectivity index (χ0) is 13.9. The molecule has 0 aliphatic carbocycles. The second-order valence-corrected chi connectivity index (χ2v) is 4.41. The molecule has 0 atom stereocenters. The standard InChI is InChI=1S/C14H14N6/c1-10(2)15-16-12-8-9-13-17-18-14(20(13)19-12)11-6-4-3-5-7-11/h3-9,15H,1H2,2H3,(H,16,19). The number of fused-ring (bicyclic) bond motifs is 1. The van der Waals surface area contributed by atoms with Gasteiger partial charge in [-0.25, -0.2) is 0 Å². The first-order chi connectivity index (χ1) is 9.74. The predicted octanol–water partition coefficient (Wildman–Crippen LogP) is 2.24. The lowest BCUT2D eigenvalue weighted by Gasteiger charge is -2.08. The summed E-state index contributed by atoms with van der Waals surface area (Å²) < 4.78 is 1.71. The average molecular weight is 266 g/mol. The van der Waals surface area contributed by atoms with Crippen LogP contribution in [0, 0.1) is 0 Å². The van der Waals surface area contributed by atoms with Crippen molar-refractivity contribution in [3.05, 3.63) is 54.7 Å². The molecule has 2 heterocycles. The average Bonchev–Trinajstić information content (AvgIpc) is 2.89. The molecule has 6 nitrogen and oxygen atoms in total. The lowest BCUT2D eigenvalue weighted by atomic mass is 10.2. The van der Waals surface area contributed by atoms with Crippen LogP contribution in [0.1, 0.15) is 6.92 Å². The highest BCUT2D eigenvalue weighted by Crippen LogP contribution is 2.17. The smallest absolute Gasteiger partial charge is 0.185 e. The Morgan fingerprint density at radius 2 is 1.90 bits per heavy atom. The van der Waals surface area contributed by atoms with Crippen LogP contribution in [0.15, 0.2) is 54.7 Å². The van der Waals surface area contributed by atoms with Crippen molar-refractivity contribution in [3.63, 3.8) is 0 Å². The van der Waals surface area contributed by atoms with E-state index in [2.05, 4.69) is 32.7 Å². The van der Waals surface area contributed by atoms with Crippen LogP contribution in [0.2, 0.25) is 0 Å². The van der Waals surface area contributed by atoms with Crippen LogP contribution in [0.4, 0.5) is 5.82 Å². The first kappa shape index (κ1) is 12.2. The fraction of sp³-hybridized carbons (Fsp3) is 0.0714. The van der Waals surface area contributed by atoms with Gasteiger partial charge in [0.15, 0.2) is 17.3 Å². The Labute approximate surface area is 116 Å². The van der Waals surface area contributed by atoms with Crippen molar-refractivity contribution in [2.75, 3.05) is 5.43 Å². The van der Waals surface area contributed by atoms with Gasteiger partial charge in [-0.3, -0.25) is 5.43 Å². The van der Waals surface area contributed by atoms with Gasteiger partial charge in [-0.05, 0) is 19.1 Å². The van der Waals surface area contributed by atoms with Gasteiger partial charge in [-0.1, -0.05) is 36.9 Å². The number of allylic oxidation sites excluding steroid dienone is 1. The molecule has 3 rings (SSSR count). The summed E-state index contributed by atoms with van der Waals surface area (Å²) in [5.41, 5.74) is 8.36. The molecule has 3 aromatic rings. The summed E-state index contributed by atoms with van der Waals surface area (Å²) in [4.78, 5) is 0. The van der Waals surface area contributed by atoms with Crippen LogP contribution < -0.4 is 10.9 Å². The minimum absolute atomic E-state index is 0.664. The zero-order valence-corrected chi connectivity index (χ0v) is 11.0. The minimum Gasteiger partial charge on any atom is -0.305 e.